The topological polar surface area (TPSA) is 55.4 Å². The molecule has 1 aliphatic heterocycles. The number of nitrogens with one attached hydrogen (secondary N) is 1. The average molecular weight is 358 g/mol. The van der Waals surface area contributed by atoms with Gasteiger partial charge in [0.15, 0.2) is 0 Å². The van der Waals surface area contributed by atoms with Gasteiger partial charge in [-0.05, 0) is 25.3 Å². The second kappa shape index (κ2) is 7.84. The number of halogens is 2. The molecule has 1 aliphatic rings. The van der Waals surface area contributed by atoms with Gasteiger partial charge >= 0.3 is 5.97 Å². The van der Waals surface area contributed by atoms with Crippen molar-refractivity contribution in [3.05, 3.63) is 45.9 Å². The van der Waals surface area contributed by atoms with Crippen molar-refractivity contribution in [2.75, 3.05) is 18.6 Å². The van der Waals surface area contributed by atoms with Crippen molar-refractivity contribution in [2.24, 2.45) is 0 Å². The van der Waals surface area contributed by atoms with Gasteiger partial charge in [-0.1, -0.05) is 17.7 Å². The van der Waals surface area contributed by atoms with Crippen LogP contribution in [0.3, 0.4) is 0 Å². The summed E-state index contributed by atoms with van der Waals surface area (Å²) in [6.07, 6.45) is 1.85. The second-order valence-electron chi connectivity index (χ2n) is 5.11. The van der Waals surface area contributed by atoms with E-state index in [2.05, 4.69) is 5.32 Å². The predicted molar refractivity (Wildman–Crippen MR) is 89.0 cm³/mol. The SMILES string of the molecule is CSCCOC(=O)C1=C(C)NC(=O)CC1c1c(F)cccc1Cl. The van der Waals surface area contributed by atoms with Gasteiger partial charge in [0.2, 0.25) is 5.91 Å². The van der Waals surface area contributed by atoms with Crippen LogP contribution in [-0.2, 0) is 14.3 Å². The van der Waals surface area contributed by atoms with Gasteiger partial charge in [-0.15, -0.1) is 0 Å². The number of rotatable bonds is 5. The third-order valence-electron chi connectivity index (χ3n) is 3.56. The van der Waals surface area contributed by atoms with Crippen LogP contribution in [-0.4, -0.2) is 30.5 Å². The summed E-state index contributed by atoms with van der Waals surface area (Å²) in [5.41, 5.74) is 0.776. The smallest absolute Gasteiger partial charge is 0.336 e. The lowest BCUT2D eigenvalue weighted by atomic mass is 9.84. The second-order valence-corrected chi connectivity index (χ2v) is 6.50. The van der Waals surface area contributed by atoms with Gasteiger partial charge in [-0.25, -0.2) is 9.18 Å². The highest BCUT2D eigenvalue weighted by Crippen LogP contribution is 2.38. The van der Waals surface area contributed by atoms with Crippen molar-refractivity contribution >= 4 is 35.2 Å². The molecule has 0 radical (unpaired) electrons. The van der Waals surface area contributed by atoms with Crippen molar-refractivity contribution < 1.29 is 18.7 Å². The number of ether oxygens (including phenoxy) is 1. The molecule has 7 heteroatoms. The van der Waals surface area contributed by atoms with Gasteiger partial charge in [0.1, 0.15) is 12.4 Å². The summed E-state index contributed by atoms with van der Waals surface area (Å²) in [6.45, 7) is 1.85. The summed E-state index contributed by atoms with van der Waals surface area (Å²) in [7, 11) is 0. The summed E-state index contributed by atoms with van der Waals surface area (Å²) in [4.78, 5) is 24.2. The Labute approximate surface area is 143 Å². The van der Waals surface area contributed by atoms with E-state index >= 15 is 0 Å². The lowest BCUT2D eigenvalue weighted by Gasteiger charge is -2.27. The largest absolute Gasteiger partial charge is 0.461 e. The molecule has 124 valence electrons. The maximum atomic E-state index is 14.2. The zero-order valence-corrected chi connectivity index (χ0v) is 14.4. The Morgan fingerprint density at radius 3 is 2.91 bits per heavy atom. The summed E-state index contributed by atoms with van der Waals surface area (Å²) < 4.78 is 19.5. The normalized spacial score (nSPS) is 17.9. The molecule has 1 N–H and O–H groups in total. The first-order valence-electron chi connectivity index (χ1n) is 7.06. The van der Waals surface area contributed by atoms with Crippen LogP contribution in [0, 0.1) is 5.82 Å². The van der Waals surface area contributed by atoms with Crippen LogP contribution >= 0.6 is 23.4 Å². The molecular weight excluding hydrogens is 341 g/mol. The maximum absolute atomic E-state index is 14.2. The summed E-state index contributed by atoms with van der Waals surface area (Å²) in [5, 5.41) is 2.80. The average Bonchev–Trinajstić information content (AvgIpc) is 2.46. The Morgan fingerprint density at radius 2 is 2.26 bits per heavy atom. The minimum Gasteiger partial charge on any atom is -0.461 e. The van der Waals surface area contributed by atoms with E-state index in [4.69, 9.17) is 16.3 Å². The van der Waals surface area contributed by atoms with Crippen molar-refractivity contribution in [3.8, 4) is 0 Å². The van der Waals surface area contributed by atoms with Gasteiger partial charge in [0.05, 0.1) is 5.57 Å². The van der Waals surface area contributed by atoms with E-state index < -0.39 is 17.7 Å². The van der Waals surface area contributed by atoms with Crippen LogP contribution in [0.4, 0.5) is 4.39 Å². The molecule has 1 unspecified atom stereocenters. The Morgan fingerprint density at radius 1 is 1.52 bits per heavy atom. The van der Waals surface area contributed by atoms with Gasteiger partial charge in [-0.3, -0.25) is 4.79 Å². The number of esters is 1. The van der Waals surface area contributed by atoms with E-state index in [1.54, 1.807) is 24.8 Å². The Kier molecular flexibility index (Phi) is 6.07. The van der Waals surface area contributed by atoms with Gasteiger partial charge in [-0.2, -0.15) is 11.8 Å². The number of benzene rings is 1. The van der Waals surface area contributed by atoms with Crippen molar-refractivity contribution in [1.29, 1.82) is 0 Å². The Bertz CT molecular complexity index is 642. The number of hydrogen-bond donors (Lipinski definition) is 1. The maximum Gasteiger partial charge on any atom is 0.336 e. The molecule has 1 aromatic carbocycles. The molecule has 4 nitrogen and oxygen atoms in total. The molecule has 0 saturated carbocycles. The molecule has 0 bridgehead atoms. The van der Waals surface area contributed by atoms with E-state index in [9.17, 15) is 14.0 Å². The zero-order valence-electron chi connectivity index (χ0n) is 12.8. The van der Waals surface area contributed by atoms with Crippen LogP contribution in [0.5, 0.6) is 0 Å². The zero-order chi connectivity index (χ0) is 17.0. The molecule has 0 aliphatic carbocycles. The molecule has 1 heterocycles. The lowest BCUT2D eigenvalue weighted by molar-refractivity contribution is -0.139. The first kappa shape index (κ1) is 17.8. The van der Waals surface area contributed by atoms with Crippen LogP contribution < -0.4 is 5.32 Å². The number of amides is 1. The van der Waals surface area contributed by atoms with Crippen molar-refractivity contribution in [2.45, 2.75) is 19.3 Å². The third kappa shape index (κ3) is 4.06. The lowest BCUT2D eigenvalue weighted by Crippen LogP contribution is -2.34. The van der Waals surface area contributed by atoms with E-state index in [-0.39, 0.29) is 35.1 Å². The number of hydrogen-bond acceptors (Lipinski definition) is 4. The highest BCUT2D eigenvalue weighted by Gasteiger charge is 2.35. The Balaban J connectivity index is 2.40. The van der Waals surface area contributed by atoms with E-state index in [0.717, 1.165) is 0 Å². The predicted octanol–water partition coefficient (Wildman–Crippen LogP) is 3.26. The number of carbonyl (C=O) groups is 2. The van der Waals surface area contributed by atoms with Crippen molar-refractivity contribution in [1.82, 2.24) is 5.32 Å². The standard InChI is InChI=1S/C16H17ClFNO3S/c1-9-14(16(21)22-6-7-23-2)10(8-13(20)19-9)15-11(17)4-3-5-12(15)18/h3-5,10H,6-8H2,1-2H3,(H,19,20). The van der Waals surface area contributed by atoms with Crippen LogP contribution in [0.25, 0.3) is 0 Å². The van der Waals surface area contributed by atoms with Crippen LogP contribution in [0.15, 0.2) is 29.5 Å². The monoisotopic (exact) mass is 357 g/mol. The van der Waals surface area contributed by atoms with Gasteiger partial charge in [0, 0.05) is 34.4 Å². The molecule has 0 aromatic heterocycles. The minimum absolute atomic E-state index is 0.0506. The molecule has 0 spiro atoms. The molecule has 2 rings (SSSR count). The molecule has 23 heavy (non-hydrogen) atoms. The fourth-order valence-electron chi connectivity index (χ4n) is 2.56. The number of thioether (sulfide) groups is 1. The van der Waals surface area contributed by atoms with E-state index in [1.807, 2.05) is 6.26 Å². The highest BCUT2D eigenvalue weighted by atomic mass is 35.5. The van der Waals surface area contributed by atoms with Crippen molar-refractivity contribution in [3.63, 3.8) is 0 Å². The molecule has 0 saturated heterocycles. The highest BCUT2D eigenvalue weighted by molar-refractivity contribution is 7.98. The van der Waals surface area contributed by atoms with E-state index in [1.165, 1.54) is 12.1 Å². The first-order chi connectivity index (χ1) is 11.0. The van der Waals surface area contributed by atoms with Gasteiger partial charge in [0.25, 0.3) is 0 Å². The van der Waals surface area contributed by atoms with Crippen LogP contribution in [0.2, 0.25) is 5.02 Å². The minimum atomic E-state index is -0.751. The Hall–Kier alpha value is -1.53. The summed E-state index contributed by atoms with van der Waals surface area (Å²) in [5.74, 6) is -1.47. The van der Waals surface area contributed by atoms with E-state index in [0.29, 0.717) is 11.4 Å². The molecule has 1 aromatic rings. The number of carbonyl (C=O) groups excluding carboxylic acids is 2. The quantitative estimate of drug-likeness (QED) is 0.649. The molecule has 1 amide bonds. The summed E-state index contributed by atoms with van der Waals surface area (Å²) >= 11 is 7.65. The van der Waals surface area contributed by atoms with Gasteiger partial charge < -0.3 is 10.1 Å². The molecule has 0 fully saturated rings. The third-order valence-corrected chi connectivity index (χ3v) is 4.46. The molecular formula is C16H17ClFNO3S. The first-order valence-corrected chi connectivity index (χ1v) is 8.83. The molecule has 1 atom stereocenters. The summed E-state index contributed by atoms with van der Waals surface area (Å²) in [6, 6.07) is 4.29. The number of allylic oxidation sites excluding steroid dienone is 1. The van der Waals surface area contributed by atoms with Crippen LogP contribution in [0.1, 0.15) is 24.8 Å². The fourth-order valence-corrected chi connectivity index (χ4v) is 3.10. The fraction of sp³-hybridized carbons (Fsp3) is 0.375.